The van der Waals surface area contributed by atoms with Crippen molar-refractivity contribution < 1.29 is 8.42 Å². The molecule has 0 amide bonds. The predicted octanol–water partition coefficient (Wildman–Crippen LogP) is 2.14. The van der Waals surface area contributed by atoms with Gasteiger partial charge in [-0.2, -0.15) is 0 Å². The van der Waals surface area contributed by atoms with Crippen LogP contribution in [0, 0.1) is 0 Å². The molecule has 0 aromatic heterocycles. The Balaban J connectivity index is 2.39. The van der Waals surface area contributed by atoms with E-state index < -0.39 is 9.84 Å². The fourth-order valence-electron chi connectivity index (χ4n) is 2.07. The van der Waals surface area contributed by atoms with Crippen LogP contribution in [0.4, 0.5) is 0 Å². The molecule has 2 aromatic rings. The summed E-state index contributed by atoms with van der Waals surface area (Å²) in [4.78, 5) is 0. The van der Waals surface area contributed by atoms with Crippen LogP contribution in [0.15, 0.2) is 42.5 Å². The van der Waals surface area contributed by atoms with Crippen molar-refractivity contribution in [2.24, 2.45) is 0 Å². The highest BCUT2D eigenvalue weighted by atomic mass is 32.2. The molecule has 18 heavy (non-hydrogen) atoms. The van der Waals surface area contributed by atoms with Crippen LogP contribution < -0.4 is 5.32 Å². The Bertz CT molecular complexity index is 650. The summed E-state index contributed by atoms with van der Waals surface area (Å²) in [6.45, 7) is 0. The monoisotopic (exact) mass is 263 g/mol. The Hall–Kier alpha value is -1.39. The molecule has 0 radical (unpaired) electrons. The molecule has 0 aliphatic heterocycles. The van der Waals surface area contributed by atoms with Gasteiger partial charge in [0, 0.05) is 12.3 Å². The summed E-state index contributed by atoms with van der Waals surface area (Å²) in [6.07, 6.45) is 1.26. The highest BCUT2D eigenvalue weighted by Gasteiger charge is 2.15. The molecule has 2 rings (SSSR count). The quantitative estimate of drug-likeness (QED) is 0.919. The van der Waals surface area contributed by atoms with E-state index in [9.17, 15) is 8.42 Å². The summed E-state index contributed by atoms with van der Waals surface area (Å²) >= 11 is 0. The summed E-state index contributed by atoms with van der Waals surface area (Å²) in [5.74, 6) is 0.113. The van der Waals surface area contributed by atoms with Gasteiger partial charge < -0.3 is 5.32 Å². The average molecular weight is 263 g/mol. The first-order valence-corrected chi connectivity index (χ1v) is 7.89. The molecule has 1 atom stereocenters. The zero-order valence-electron chi connectivity index (χ0n) is 10.6. The van der Waals surface area contributed by atoms with E-state index in [1.165, 1.54) is 6.26 Å². The number of hydrogen-bond donors (Lipinski definition) is 1. The number of fused-ring (bicyclic) bond motifs is 1. The minimum absolute atomic E-state index is 0.113. The highest BCUT2D eigenvalue weighted by Crippen LogP contribution is 2.21. The lowest BCUT2D eigenvalue weighted by Gasteiger charge is -2.16. The molecular weight excluding hydrogens is 246 g/mol. The lowest BCUT2D eigenvalue weighted by atomic mass is 10.0. The second kappa shape index (κ2) is 5.08. The van der Waals surface area contributed by atoms with E-state index >= 15 is 0 Å². The predicted molar refractivity (Wildman–Crippen MR) is 75.5 cm³/mol. The number of nitrogens with one attached hydrogen (secondary N) is 1. The first-order chi connectivity index (χ1) is 8.49. The summed E-state index contributed by atoms with van der Waals surface area (Å²) in [6, 6.07) is 13.9. The third-order valence-electron chi connectivity index (χ3n) is 2.99. The second-order valence-corrected chi connectivity index (χ2v) is 6.73. The van der Waals surface area contributed by atoms with Crippen molar-refractivity contribution in [3.8, 4) is 0 Å². The molecule has 0 bridgehead atoms. The van der Waals surface area contributed by atoms with Gasteiger partial charge in [-0.15, -0.1) is 0 Å². The molecule has 0 heterocycles. The second-order valence-electron chi connectivity index (χ2n) is 4.54. The minimum Gasteiger partial charge on any atom is -0.312 e. The Morgan fingerprint density at radius 2 is 1.78 bits per heavy atom. The molecule has 2 aromatic carbocycles. The lowest BCUT2D eigenvalue weighted by molar-refractivity contribution is 0.579. The van der Waals surface area contributed by atoms with Gasteiger partial charge in [0.05, 0.1) is 5.75 Å². The van der Waals surface area contributed by atoms with Crippen molar-refractivity contribution >= 4 is 20.6 Å². The van der Waals surface area contributed by atoms with Crippen molar-refractivity contribution in [1.82, 2.24) is 5.32 Å². The third-order valence-corrected chi connectivity index (χ3v) is 3.93. The molecule has 1 N–H and O–H groups in total. The van der Waals surface area contributed by atoms with Crippen molar-refractivity contribution in [3.63, 3.8) is 0 Å². The van der Waals surface area contributed by atoms with Crippen LogP contribution >= 0.6 is 0 Å². The SMILES string of the molecule is CNC(CS(C)(=O)=O)c1ccc2ccccc2c1. The lowest BCUT2D eigenvalue weighted by Crippen LogP contribution is -2.24. The van der Waals surface area contributed by atoms with Gasteiger partial charge in [-0.25, -0.2) is 8.42 Å². The molecular formula is C14H17NO2S. The van der Waals surface area contributed by atoms with Gasteiger partial charge in [0.1, 0.15) is 9.84 Å². The van der Waals surface area contributed by atoms with Crippen LogP contribution in [-0.4, -0.2) is 27.5 Å². The number of sulfone groups is 1. The van der Waals surface area contributed by atoms with Crippen LogP contribution in [0.3, 0.4) is 0 Å². The number of rotatable bonds is 4. The van der Waals surface area contributed by atoms with E-state index in [0.717, 1.165) is 16.3 Å². The van der Waals surface area contributed by atoms with Gasteiger partial charge >= 0.3 is 0 Å². The highest BCUT2D eigenvalue weighted by molar-refractivity contribution is 7.90. The van der Waals surface area contributed by atoms with E-state index in [0.29, 0.717) is 0 Å². The molecule has 96 valence electrons. The third kappa shape index (κ3) is 3.09. The van der Waals surface area contributed by atoms with Crippen LogP contribution in [0.2, 0.25) is 0 Å². The maximum atomic E-state index is 11.4. The first-order valence-electron chi connectivity index (χ1n) is 5.83. The maximum absolute atomic E-state index is 11.4. The Kier molecular flexibility index (Phi) is 3.68. The Morgan fingerprint density at radius 3 is 2.39 bits per heavy atom. The van der Waals surface area contributed by atoms with Crippen molar-refractivity contribution in [3.05, 3.63) is 48.0 Å². The normalized spacial score (nSPS) is 13.7. The Morgan fingerprint density at radius 1 is 1.11 bits per heavy atom. The van der Waals surface area contributed by atoms with Crippen LogP contribution in [0.5, 0.6) is 0 Å². The molecule has 0 saturated carbocycles. The molecule has 0 fully saturated rings. The van der Waals surface area contributed by atoms with Crippen molar-refractivity contribution in [2.45, 2.75) is 6.04 Å². The molecule has 0 spiro atoms. The van der Waals surface area contributed by atoms with Gasteiger partial charge in [0.25, 0.3) is 0 Å². The molecule has 1 unspecified atom stereocenters. The van der Waals surface area contributed by atoms with Gasteiger partial charge in [-0.3, -0.25) is 0 Å². The van der Waals surface area contributed by atoms with Gasteiger partial charge in [0.2, 0.25) is 0 Å². The smallest absolute Gasteiger partial charge is 0.149 e. The fourth-order valence-corrected chi connectivity index (χ4v) is 3.04. The fraction of sp³-hybridized carbons (Fsp3) is 0.286. The van der Waals surface area contributed by atoms with E-state index in [1.807, 2.05) is 42.5 Å². The maximum Gasteiger partial charge on any atom is 0.149 e. The first kappa shape index (κ1) is 13.1. The van der Waals surface area contributed by atoms with Crippen LogP contribution in [-0.2, 0) is 9.84 Å². The minimum atomic E-state index is -3.00. The van der Waals surface area contributed by atoms with E-state index in [2.05, 4.69) is 5.32 Å². The van der Waals surface area contributed by atoms with E-state index in [4.69, 9.17) is 0 Å². The van der Waals surface area contributed by atoms with Gasteiger partial charge in [-0.1, -0.05) is 36.4 Å². The molecule has 3 nitrogen and oxygen atoms in total. The Labute approximate surface area is 108 Å². The van der Waals surface area contributed by atoms with Gasteiger partial charge in [-0.05, 0) is 29.4 Å². The standard InChI is InChI=1S/C14H17NO2S/c1-15-14(10-18(2,16)17)13-8-7-11-5-3-4-6-12(11)9-13/h3-9,14-15H,10H2,1-2H3. The van der Waals surface area contributed by atoms with E-state index in [-0.39, 0.29) is 11.8 Å². The summed E-state index contributed by atoms with van der Waals surface area (Å²) in [5, 5.41) is 5.35. The van der Waals surface area contributed by atoms with E-state index in [1.54, 1.807) is 7.05 Å². The number of hydrogen-bond acceptors (Lipinski definition) is 3. The zero-order valence-corrected chi connectivity index (χ0v) is 11.4. The van der Waals surface area contributed by atoms with Crippen molar-refractivity contribution in [2.75, 3.05) is 19.1 Å². The zero-order chi connectivity index (χ0) is 13.2. The molecule has 4 heteroatoms. The van der Waals surface area contributed by atoms with Gasteiger partial charge in [0.15, 0.2) is 0 Å². The molecule has 0 aliphatic carbocycles. The van der Waals surface area contributed by atoms with Crippen LogP contribution in [0.25, 0.3) is 10.8 Å². The summed E-state index contributed by atoms with van der Waals surface area (Å²) in [7, 11) is -1.22. The van der Waals surface area contributed by atoms with Crippen molar-refractivity contribution in [1.29, 1.82) is 0 Å². The number of benzene rings is 2. The van der Waals surface area contributed by atoms with Crippen LogP contribution in [0.1, 0.15) is 11.6 Å². The summed E-state index contributed by atoms with van der Waals surface area (Å²) < 4.78 is 22.8. The average Bonchev–Trinajstić information content (AvgIpc) is 2.34. The summed E-state index contributed by atoms with van der Waals surface area (Å²) in [5.41, 5.74) is 1.00. The molecule has 0 aliphatic rings. The molecule has 0 saturated heterocycles. The largest absolute Gasteiger partial charge is 0.312 e. The topological polar surface area (TPSA) is 46.2 Å².